The van der Waals surface area contributed by atoms with Crippen LogP contribution in [0.3, 0.4) is 0 Å². The molecular weight excluding hydrogens is 242 g/mol. The Bertz CT molecular complexity index is 341. The summed E-state index contributed by atoms with van der Waals surface area (Å²) in [6.45, 7) is 3.20. The van der Waals surface area contributed by atoms with Gasteiger partial charge in [-0.25, -0.2) is 0 Å². The molecule has 1 aromatic carbocycles. The molecule has 2 heteroatoms. The van der Waals surface area contributed by atoms with E-state index in [0.29, 0.717) is 6.04 Å². The van der Waals surface area contributed by atoms with E-state index in [1.807, 2.05) is 12.1 Å². The van der Waals surface area contributed by atoms with Crippen molar-refractivity contribution in [3.05, 3.63) is 34.9 Å². The van der Waals surface area contributed by atoms with Crippen LogP contribution in [0.1, 0.15) is 57.1 Å². The molecule has 1 nitrogen and oxygen atoms in total. The van der Waals surface area contributed by atoms with Crippen molar-refractivity contribution in [3.63, 3.8) is 0 Å². The predicted molar refractivity (Wildman–Crippen MR) is 79.1 cm³/mol. The molecule has 0 aromatic heterocycles. The van der Waals surface area contributed by atoms with E-state index in [-0.39, 0.29) is 0 Å². The molecule has 0 bridgehead atoms. The van der Waals surface area contributed by atoms with Crippen LogP contribution >= 0.6 is 11.6 Å². The molecule has 0 saturated heterocycles. The summed E-state index contributed by atoms with van der Waals surface area (Å²) in [6, 6.07) is 8.80. The Labute approximate surface area is 116 Å². The van der Waals surface area contributed by atoms with Gasteiger partial charge in [0, 0.05) is 11.1 Å². The number of rotatable bonds is 6. The summed E-state index contributed by atoms with van der Waals surface area (Å²) in [5.74, 6) is 0.971. The van der Waals surface area contributed by atoms with Gasteiger partial charge >= 0.3 is 0 Å². The predicted octanol–water partition coefficient (Wildman–Crippen LogP) is 4.96. The SMILES string of the molecule is CCNC(CCC1CCCC1)c1ccc(Cl)cc1. The Balaban J connectivity index is 1.91. The highest BCUT2D eigenvalue weighted by Gasteiger charge is 2.17. The van der Waals surface area contributed by atoms with E-state index in [2.05, 4.69) is 24.4 Å². The number of halogens is 1. The number of hydrogen-bond acceptors (Lipinski definition) is 1. The van der Waals surface area contributed by atoms with Crippen LogP contribution in [0.4, 0.5) is 0 Å². The van der Waals surface area contributed by atoms with Gasteiger partial charge in [-0.1, -0.05) is 56.3 Å². The lowest BCUT2D eigenvalue weighted by atomic mass is 9.95. The van der Waals surface area contributed by atoms with Crippen molar-refractivity contribution in [3.8, 4) is 0 Å². The minimum absolute atomic E-state index is 0.493. The molecule has 18 heavy (non-hydrogen) atoms. The first kappa shape index (κ1) is 13.9. The van der Waals surface area contributed by atoms with Crippen molar-refractivity contribution < 1.29 is 0 Å². The van der Waals surface area contributed by atoms with Gasteiger partial charge < -0.3 is 5.32 Å². The van der Waals surface area contributed by atoms with E-state index < -0.39 is 0 Å². The highest BCUT2D eigenvalue weighted by atomic mass is 35.5. The van der Waals surface area contributed by atoms with Crippen LogP contribution in [0.5, 0.6) is 0 Å². The van der Waals surface area contributed by atoms with Crippen LogP contribution < -0.4 is 5.32 Å². The van der Waals surface area contributed by atoms with E-state index in [9.17, 15) is 0 Å². The highest BCUT2D eigenvalue weighted by Crippen LogP contribution is 2.31. The summed E-state index contributed by atoms with van der Waals surface area (Å²) < 4.78 is 0. The molecule has 1 N–H and O–H groups in total. The summed E-state index contributed by atoms with van der Waals surface area (Å²) in [4.78, 5) is 0. The molecule has 1 fully saturated rings. The second-order valence-electron chi connectivity index (χ2n) is 5.39. The fraction of sp³-hybridized carbons (Fsp3) is 0.625. The summed E-state index contributed by atoms with van der Waals surface area (Å²) >= 11 is 5.95. The molecule has 0 aliphatic heterocycles. The lowest BCUT2D eigenvalue weighted by molar-refractivity contribution is 0.417. The van der Waals surface area contributed by atoms with Crippen molar-refractivity contribution in [2.45, 2.75) is 51.5 Å². The van der Waals surface area contributed by atoms with Crippen molar-refractivity contribution in [1.82, 2.24) is 5.32 Å². The van der Waals surface area contributed by atoms with Gasteiger partial charge in [-0.05, 0) is 43.0 Å². The van der Waals surface area contributed by atoms with Crippen LogP contribution in [-0.4, -0.2) is 6.54 Å². The minimum Gasteiger partial charge on any atom is -0.310 e. The van der Waals surface area contributed by atoms with Gasteiger partial charge in [0.25, 0.3) is 0 Å². The van der Waals surface area contributed by atoms with Crippen molar-refractivity contribution in [2.24, 2.45) is 5.92 Å². The van der Waals surface area contributed by atoms with Crippen LogP contribution in [0, 0.1) is 5.92 Å². The average Bonchev–Trinajstić information content (AvgIpc) is 2.89. The Morgan fingerprint density at radius 3 is 2.50 bits per heavy atom. The van der Waals surface area contributed by atoms with E-state index in [1.165, 1.54) is 44.1 Å². The van der Waals surface area contributed by atoms with E-state index in [0.717, 1.165) is 17.5 Å². The number of benzene rings is 1. The highest BCUT2D eigenvalue weighted by molar-refractivity contribution is 6.30. The van der Waals surface area contributed by atoms with Crippen LogP contribution in [0.2, 0.25) is 5.02 Å². The lowest BCUT2D eigenvalue weighted by Gasteiger charge is -2.20. The minimum atomic E-state index is 0.493. The monoisotopic (exact) mass is 265 g/mol. The third-order valence-electron chi connectivity index (χ3n) is 4.06. The molecule has 1 aliphatic carbocycles. The molecule has 1 atom stereocenters. The molecule has 100 valence electrons. The third-order valence-corrected chi connectivity index (χ3v) is 4.31. The molecule has 1 aliphatic rings. The second kappa shape index (κ2) is 7.16. The maximum atomic E-state index is 5.95. The second-order valence-corrected chi connectivity index (χ2v) is 5.83. The zero-order valence-corrected chi connectivity index (χ0v) is 12.0. The molecule has 1 saturated carbocycles. The number of hydrogen-bond donors (Lipinski definition) is 1. The van der Waals surface area contributed by atoms with Crippen LogP contribution in [0.25, 0.3) is 0 Å². The normalized spacial score (nSPS) is 18.1. The first-order valence-electron chi connectivity index (χ1n) is 7.28. The molecular formula is C16H24ClN. The maximum absolute atomic E-state index is 5.95. The Morgan fingerprint density at radius 2 is 1.89 bits per heavy atom. The summed E-state index contributed by atoms with van der Waals surface area (Å²) in [6.07, 6.45) is 8.38. The maximum Gasteiger partial charge on any atom is 0.0406 e. The molecule has 0 radical (unpaired) electrons. The van der Waals surface area contributed by atoms with Gasteiger partial charge in [0.15, 0.2) is 0 Å². The topological polar surface area (TPSA) is 12.0 Å². The van der Waals surface area contributed by atoms with Crippen LogP contribution in [-0.2, 0) is 0 Å². The molecule has 1 aromatic rings. The zero-order valence-electron chi connectivity index (χ0n) is 11.3. The average molecular weight is 266 g/mol. The molecule has 1 unspecified atom stereocenters. The van der Waals surface area contributed by atoms with Gasteiger partial charge in [0.05, 0.1) is 0 Å². The van der Waals surface area contributed by atoms with Gasteiger partial charge in [0.2, 0.25) is 0 Å². The summed E-state index contributed by atoms with van der Waals surface area (Å²) in [5, 5.41) is 4.42. The molecule has 0 amide bonds. The van der Waals surface area contributed by atoms with Crippen LogP contribution in [0.15, 0.2) is 24.3 Å². The fourth-order valence-electron chi connectivity index (χ4n) is 3.03. The Hall–Kier alpha value is -0.530. The largest absolute Gasteiger partial charge is 0.310 e. The third kappa shape index (κ3) is 4.00. The smallest absolute Gasteiger partial charge is 0.0406 e. The van der Waals surface area contributed by atoms with Gasteiger partial charge in [0.1, 0.15) is 0 Å². The van der Waals surface area contributed by atoms with Crippen molar-refractivity contribution >= 4 is 11.6 Å². The quantitative estimate of drug-likeness (QED) is 0.766. The Kier molecular flexibility index (Phi) is 5.52. The standard InChI is InChI=1S/C16H24ClN/c1-2-18-16(12-7-13-5-3-4-6-13)14-8-10-15(17)11-9-14/h8-11,13,16,18H,2-7,12H2,1H3. The van der Waals surface area contributed by atoms with Gasteiger partial charge in [-0.15, -0.1) is 0 Å². The zero-order chi connectivity index (χ0) is 12.8. The first-order valence-corrected chi connectivity index (χ1v) is 7.66. The van der Waals surface area contributed by atoms with E-state index >= 15 is 0 Å². The summed E-state index contributed by atoms with van der Waals surface area (Å²) in [7, 11) is 0. The van der Waals surface area contributed by atoms with Gasteiger partial charge in [-0.3, -0.25) is 0 Å². The lowest BCUT2D eigenvalue weighted by Crippen LogP contribution is -2.21. The Morgan fingerprint density at radius 1 is 1.22 bits per heavy atom. The van der Waals surface area contributed by atoms with E-state index in [4.69, 9.17) is 11.6 Å². The first-order chi connectivity index (χ1) is 8.79. The summed E-state index contributed by atoms with van der Waals surface area (Å²) in [5.41, 5.74) is 1.37. The van der Waals surface area contributed by atoms with E-state index in [1.54, 1.807) is 0 Å². The number of nitrogens with one attached hydrogen (secondary N) is 1. The molecule has 2 rings (SSSR count). The molecule has 0 spiro atoms. The fourth-order valence-corrected chi connectivity index (χ4v) is 3.16. The molecule has 0 heterocycles. The van der Waals surface area contributed by atoms with Crippen molar-refractivity contribution in [1.29, 1.82) is 0 Å². The van der Waals surface area contributed by atoms with Gasteiger partial charge in [-0.2, -0.15) is 0 Å². The van der Waals surface area contributed by atoms with Crippen molar-refractivity contribution in [2.75, 3.05) is 6.54 Å².